The molecule has 0 bridgehead atoms. The molecule has 0 aliphatic heterocycles. The zero-order chi connectivity index (χ0) is 11.3. The van der Waals surface area contributed by atoms with Crippen molar-refractivity contribution in [3.63, 3.8) is 0 Å². The second kappa shape index (κ2) is 5.23. The van der Waals surface area contributed by atoms with Crippen LogP contribution in [0.1, 0.15) is 12.5 Å². The number of carbonyl (C=O) groups excluding carboxylic acids is 1. The maximum atomic E-state index is 11.2. The third kappa shape index (κ3) is 3.15. The third-order valence-electron chi connectivity index (χ3n) is 1.69. The number of urea groups is 1. The minimum absolute atomic E-state index is 0.351. The predicted octanol–water partition coefficient (Wildman–Crippen LogP) is 2.35. The van der Waals surface area contributed by atoms with Gasteiger partial charge in [-0.05, 0) is 25.1 Å². The highest BCUT2D eigenvalue weighted by molar-refractivity contribution is 6.31. The van der Waals surface area contributed by atoms with Crippen molar-refractivity contribution in [3.8, 4) is 6.07 Å². The lowest BCUT2D eigenvalue weighted by molar-refractivity contribution is 0.252. The van der Waals surface area contributed by atoms with E-state index in [9.17, 15) is 4.79 Å². The Morgan fingerprint density at radius 1 is 1.60 bits per heavy atom. The molecule has 1 rings (SSSR count). The van der Waals surface area contributed by atoms with Crippen LogP contribution in [-0.2, 0) is 0 Å². The van der Waals surface area contributed by atoms with Crippen molar-refractivity contribution in [2.45, 2.75) is 6.92 Å². The fourth-order valence-electron chi connectivity index (χ4n) is 1.04. The highest BCUT2D eigenvalue weighted by Gasteiger charge is 2.05. The van der Waals surface area contributed by atoms with Gasteiger partial charge in [0.05, 0.1) is 11.3 Å². The summed E-state index contributed by atoms with van der Waals surface area (Å²) in [4.78, 5) is 11.2. The molecule has 15 heavy (non-hydrogen) atoms. The number of amides is 2. The number of anilines is 1. The van der Waals surface area contributed by atoms with Crippen molar-refractivity contribution < 1.29 is 4.79 Å². The molecule has 0 radical (unpaired) electrons. The van der Waals surface area contributed by atoms with Crippen LogP contribution in [0.3, 0.4) is 0 Å². The number of benzene rings is 1. The van der Waals surface area contributed by atoms with E-state index in [4.69, 9.17) is 16.9 Å². The van der Waals surface area contributed by atoms with E-state index >= 15 is 0 Å². The van der Waals surface area contributed by atoms with Crippen LogP contribution in [0.5, 0.6) is 0 Å². The van der Waals surface area contributed by atoms with Crippen LogP contribution in [0.25, 0.3) is 0 Å². The van der Waals surface area contributed by atoms with Crippen LogP contribution in [0.15, 0.2) is 18.2 Å². The zero-order valence-corrected chi connectivity index (χ0v) is 8.93. The Bertz CT molecular complexity index is 412. The summed E-state index contributed by atoms with van der Waals surface area (Å²) in [6.07, 6.45) is 0. The first-order chi connectivity index (χ1) is 7.17. The minimum atomic E-state index is -0.351. The van der Waals surface area contributed by atoms with Gasteiger partial charge in [0.25, 0.3) is 0 Å². The van der Waals surface area contributed by atoms with Gasteiger partial charge in [0.2, 0.25) is 0 Å². The van der Waals surface area contributed by atoms with Crippen LogP contribution >= 0.6 is 11.6 Å². The molecule has 4 nitrogen and oxygen atoms in total. The van der Waals surface area contributed by atoms with Crippen molar-refractivity contribution in [1.29, 1.82) is 5.26 Å². The van der Waals surface area contributed by atoms with Crippen molar-refractivity contribution >= 4 is 23.3 Å². The lowest BCUT2D eigenvalue weighted by atomic mass is 10.2. The highest BCUT2D eigenvalue weighted by Crippen LogP contribution is 2.20. The van der Waals surface area contributed by atoms with Gasteiger partial charge in [-0.15, -0.1) is 0 Å². The molecule has 2 N–H and O–H groups in total. The average Bonchev–Trinajstić information content (AvgIpc) is 2.18. The van der Waals surface area contributed by atoms with Crippen LogP contribution in [-0.4, -0.2) is 12.6 Å². The Morgan fingerprint density at radius 2 is 2.33 bits per heavy atom. The third-order valence-corrected chi connectivity index (χ3v) is 1.92. The molecule has 0 heterocycles. The molecule has 0 aliphatic carbocycles. The van der Waals surface area contributed by atoms with Gasteiger partial charge < -0.3 is 10.6 Å². The number of hydrogen-bond acceptors (Lipinski definition) is 2. The number of rotatable bonds is 2. The molecule has 0 spiro atoms. The Kier molecular flexibility index (Phi) is 3.95. The number of nitrogens with one attached hydrogen (secondary N) is 2. The minimum Gasteiger partial charge on any atom is -0.338 e. The summed E-state index contributed by atoms with van der Waals surface area (Å²) in [5.74, 6) is 0. The molecule has 0 saturated carbocycles. The maximum Gasteiger partial charge on any atom is 0.319 e. The smallest absolute Gasteiger partial charge is 0.319 e. The van der Waals surface area contributed by atoms with E-state index in [0.29, 0.717) is 22.8 Å². The molecule has 5 heteroatoms. The quantitative estimate of drug-likeness (QED) is 0.808. The summed E-state index contributed by atoms with van der Waals surface area (Å²) < 4.78 is 0. The molecule has 0 fully saturated rings. The first kappa shape index (κ1) is 11.3. The van der Waals surface area contributed by atoms with E-state index in [1.165, 1.54) is 6.07 Å². The molecule has 0 atom stereocenters. The fraction of sp³-hybridized carbons (Fsp3) is 0.200. The van der Waals surface area contributed by atoms with Crippen molar-refractivity contribution in [2.24, 2.45) is 0 Å². The first-order valence-corrected chi connectivity index (χ1v) is 4.79. The Morgan fingerprint density at radius 3 is 2.93 bits per heavy atom. The molecule has 0 aliphatic rings. The van der Waals surface area contributed by atoms with Gasteiger partial charge in [0.15, 0.2) is 0 Å². The predicted molar refractivity (Wildman–Crippen MR) is 58.9 cm³/mol. The van der Waals surface area contributed by atoms with Crippen LogP contribution in [0.2, 0.25) is 5.02 Å². The van der Waals surface area contributed by atoms with Gasteiger partial charge in [-0.1, -0.05) is 11.6 Å². The normalized spacial score (nSPS) is 9.13. The van der Waals surface area contributed by atoms with E-state index in [2.05, 4.69) is 10.6 Å². The molecule has 1 aromatic carbocycles. The molecule has 0 unspecified atom stereocenters. The molecular formula is C10H10ClN3O. The van der Waals surface area contributed by atoms with Crippen LogP contribution in [0, 0.1) is 11.3 Å². The summed E-state index contributed by atoms with van der Waals surface area (Å²) in [5, 5.41) is 14.4. The van der Waals surface area contributed by atoms with Crippen molar-refractivity contribution in [2.75, 3.05) is 11.9 Å². The fourth-order valence-corrected chi connectivity index (χ4v) is 1.22. The highest BCUT2D eigenvalue weighted by atomic mass is 35.5. The summed E-state index contributed by atoms with van der Waals surface area (Å²) >= 11 is 5.75. The van der Waals surface area contributed by atoms with Crippen molar-refractivity contribution in [3.05, 3.63) is 28.8 Å². The number of hydrogen-bond donors (Lipinski definition) is 2. The topological polar surface area (TPSA) is 64.9 Å². The van der Waals surface area contributed by atoms with Gasteiger partial charge in [-0.3, -0.25) is 0 Å². The molecule has 0 aromatic heterocycles. The van der Waals surface area contributed by atoms with Gasteiger partial charge in [-0.25, -0.2) is 4.79 Å². The lowest BCUT2D eigenvalue weighted by Gasteiger charge is -2.07. The van der Waals surface area contributed by atoms with Gasteiger partial charge in [0.1, 0.15) is 6.07 Å². The molecule has 2 amide bonds. The standard InChI is InChI=1S/C10H10ClN3O/c1-2-13-10(15)14-9-5-8(11)4-3-7(9)6-12/h3-5H,2H2,1H3,(H2,13,14,15). The SMILES string of the molecule is CCNC(=O)Nc1cc(Cl)ccc1C#N. The van der Waals surface area contributed by atoms with E-state index in [0.717, 1.165) is 0 Å². The second-order valence-corrected chi connectivity index (χ2v) is 3.22. The molecule has 1 aromatic rings. The molecular weight excluding hydrogens is 214 g/mol. The Balaban J connectivity index is 2.88. The number of nitrogens with zero attached hydrogens (tertiary/aromatic N) is 1. The number of halogens is 1. The summed E-state index contributed by atoms with van der Waals surface area (Å²) in [6, 6.07) is 6.32. The Hall–Kier alpha value is -1.73. The largest absolute Gasteiger partial charge is 0.338 e. The zero-order valence-electron chi connectivity index (χ0n) is 8.17. The lowest BCUT2D eigenvalue weighted by Crippen LogP contribution is -2.28. The maximum absolute atomic E-state index is 11.2. The van der Waals surface area contributed by atoms with E-state index in [-0.39, 0.29) is 6.03 Å². The van der Waals surface area contributed by atoms with E-state index in [1.54, 1.807) is 12.1 Å². The summed E-state index contributed by atoms with van der Waals surface area (Å²) in [7, 11) is 0. The van der Waals surface area contributed by atoms with Gasteiger partial charge in [0, 0.05) is 11.6 Å². The van der Waals surface area contributed by atoms with Crippen LogP contribution < -0.4 is 10.6 Å². The van der Waals surface area contributed by atoms with E-state index < -0.39 is 0 Å². The average molecular weight is 224 g/mol. The Labute approximate surface area is 92.8 Å². The monoisotopic (exact) mass is 223 g/mol. The number of carbonyl (C=O) groups is 1. The number of nitriles is 1. The van der Waals surface area contributed by atoms with Crippen molar-refractivity contribution in [1.82, 2.24) is 5.32 Å². The molecule has 78 valence electrons. The van der Waals surface area contributed by atoms with Gasteiger partial charge >= 0.3 is 6.03 Å². The summed E-state index contributed by atoms with van der Waals surface area (Å²) in [5.41, 5.74) is 0.793. The first-order valence-electron chi connectivity index (χ1n) is 4.42. The second-order valence-electron chi connectivity index (χ2n) is 2.79. The summed E-state index contributed by atoms with van der Waals surface area (Å²) in [6.45, 7) is 2.33. The van der Waals surface area contributed by atoms with Gasteiger partial charge in [-0.2, -0.15) is 5.26 Å². The molecule has 0 saturated heterocycles. The van der Waals surface area contributed by atoms with E-state index in [1.807, 2.05) is 13.0 Å². The van der Waals surface area contributed by atoms with Crippen LogP contribution in [0.4, 0.5) is 10.5 Å².